The van der Waals surface area contributed by atoms with Gasteiger partial charge in [0.1, 0.15) is 0 Å². The van der Waals surface area contributed by atoms with Crippen molar-refractivity contribution in [1.29, 1.82) is 0 Å². The average molecular weight is 1990 g/mol. The molecule has 734 valence electrons. The van der Waals surface area contributed by atoms with Crippen LogP contribution in [0, 0.1) is 0 Å². The minimum Gasteiger partial charge on any atom is -0.364 e. The van der Waals surface area contributed by atoms with E-state index in [1.807, 2.05) is 80.2 Å². The number of aryl methyl sites for hydroxylation is 1. The first-order chi connectivity index (χ1) is 66.8. The maximum Gasteiger partial charge on any atom is 0.242 e. The molecular weight excluding hydrogens is 1870 g/mol. The molecule has 5 aromatic heterocycles. The third kappa shape index (κ3) is 26.6. The topological polar surface area (TPSA) is 367 Å². The van der Waals surface area contributed by atoms with Crippen molar-refractivity contribution >= 4 is 149 Å². The molecule has 0 unspecified atom stereocenters. The minimum atomic E-state index is -3.71. The molecule has 20 rings (SSSR count). The van der Waals surface area contributed by atoms with E-state index in [0.717, 1.165) is 192 Å². The summed E-state index contributed by atoms with van der Waals surface area (Å²) in [4.78, 5) is 22.9. The van der Waals surface area contributed by atoms with Crippen LogP contribution < -0.4 is 66.1 Å². The van der Waals surface area contributed by atoms with Gasteiger partial charge in [0.05, 0.1) is 25.8 Å². The highest BCUT2D eigenvalue weighted by molar-refractivity contribution is 7.92. The van der Waals surface area contributed by atoms with Crippen molar-refractivity contribution in [1.82, 2.24) is 50.4 Å². The fourth-order valence-electron chi connectivity index (χ4n) is 19.4. The molecule has 5 aliphatic rings. The Morgan fingerprint density at radius 3 is 1.02 bits per heavy atom. The maximum absolute atomic E-state index is 12.6. The number of anilines is 6. The zero-order chi connectivity index (χ0) is 97.4. The number of thiophene rings is 1. The third-order valence-electron chi connectivity index (χ3n) is 26.8. The van der Waals surface area contributed by atoms with Crippen molar-refractivity contribution in [2.24, 2.45) is 17.3 Å². The Bertz CT molecular complexity index is 7130. The number of nitrogens with two attached hydrogens (primary N) is 2. The van der Waals surface area contributed by atoms with Crippen molar-refractivity contribution in [2.75, 3.05) is 121 Å². The molecule has 0 aliphatic carbocycles. The van der Waals surface area contributed by atoms with Crippen LogP contribution in [0.15, 0.2) is 292 Å². The lowest BCUT2D eigenvalue weighted by atomic mass is 10.0. The van der Waals surface area contributed by atoms with Crippen LogP contribution in [-0.4, -0.2) is 188 Å². The smallest absolute Gasteiger partial charge is 0.242 e. The lowest BCUT2D eigenvalue weighted by molar-refractivity contribution is 0.428. The number of sulfonamides is 4. The minimum absolute atomic E-state index is 0.159. The number of primary sulfonamides is 2. The summed E-state index contributed by atoms with van der Waals surface area (Å²) >= 11 is 1.76. The van der Waals surface area contributed by atoms with Gasteiger partial charge in [-0.25, -0.2) is 56.7 Å². The predicted molar refractivity (Wildman–Crippen MR) is 567 cm³/mol. The van der Waals surface area contributed by atoms with E-state index in [2.05, 4.69) is 214 Å². The summed E-state index contributed by atoms with van der Waals surface area (Å²) in [5.41, 5.74) is 16.0. The van der Waals surface area contributed by atoms with Crippen LogP contribution in [0.1, 0.15) is 92.0 Å². The molecule has 5 fully saturated rings. The number of fused-ring (bicyclic) bond motifs is 5. The summed E-state index contributed by atoms with van der Waals surface area (Å²) in [6, 6.07) is 81.5. The number of sulfone groups is 1. The first-order valence-corrected chi connectivity index (χ1v) is 56.8. The molecular formula is C105H128N18O10S6. The molecule has 0 amide bonds. The van der Waals surface area contributed by atoms with Crippen molar-refractivity contribution in [2.45, 2.75) is 147 Å². The standard InChI is InChI=1S/C22H28N4O2S.2C21H26N4O2S.C21H24N2O2S2.C20H24N4O2S/c1-25(2)29(27,28)21-5-3-4-17(14-21)16-26(19-9-11-23-12-10-19)20-6-7-22-18(15-20)8-13-24-22;1-28(26,27)24-18-4-2-3-16(13-18)15-25(19-8-10-22-11-9-19)20-5-6-21-17(14-20)7-12-23-21;1-24-12-9-17-14-19(5-6-21(17)24)25(18-7-10-23-11-8-18)15-16-3-2-4-20(13-16)28(22,26)27;1-27(24,25)20-4-2-3-16(13-20)15-23(18-7-10-22-11-8-18)19-5-6-21-17(14-19)9-12-26-21;21-27(25,26)19-3-1-2-15(12-19)14-24(17-7-9-22-10-8-17)18-4-5-20-16(13-18)6-11-23-20/h3-8,13-15,19,23-24H,9-12,16H2,1-2H3;2-7,12-14,19,22-24H,8-11,15H2,1H3;2-6,9,12-14,18,23H,7-8,10-11,15H2,1H3,(H2,22,26,27);2-6,9,12-14,18,22H,7-8,10-11,15H2,1H3;1-6,11-13,17,22-23H,7-10,14H2,(H2,21,25,26). The number of nitrogens with one attached hydrogen (secondary N) is 9. The van der Waals surface area contributed by atoms with E-state index in [1.165, 1.54) is 71.0 Å². The number of piperidine rings is 5. The fraction of sp³-hybridized carbons (Fsp3) is 0.333. The molecule has 139 heavy (non-hydrogen) atoms. The van der Waals surface area contributed by atoms with Crippen LogP contribution >= 0.6 is 11.3 Å². The summed E-state index contributed by atoms with van der Waals surface area (Å²) in [5, 5.41) is 35.9. The Kier molecular flexibility index (Phi) is 32.9. The molecule has 0 bridgehead atoms. The Balaban J connectivity index is 0.000000125. The van der Waals surface area contributed by atoms with Crippen LogP contribution in [0.4, 0.5) is 34.1 Å². The highest BCUT2D eigenvalue weighted by Crippen LogP contribution is 2.37. The molecule has 34 heteroatoms. The van der Waals surface area contributed by atoms with Crippen molar-refractivity contribution in [3.05, 3.63) is 301 Å². The molecule has 0 radical (unpaired) electrons. The number of benzene rings is 10. The second-order valence-corrected chi connectivity index (χ2v) is 46.9. The molecule has 15 aromatic rings. The number of aromatic nitrogens is 4. The number of hydrogen-bond donors (Lipinski definition) is 11. The number of nitrogens with zero attached hydrogens (tertiary/aromatic N) is 7. The van der Waals surface area contributed by atoms with Gasteiger partial charge in [-0.2, -0.15) is 0 Å². The van der Waals surface area contributed by atoms with Gasteiger partial charge in [-0.05, 0) is 350 Å². The predicted octanol–water partition coefficient (Wildman–Crippen LogP) is 15.7. The summed E-state index contributed by atoms with van der Waals surface area (Å²) in [5.74, 6) is 0. The second kappa shape index (κ2) is 45.4. The van der Waals surface area contributed by atoms with Gasteiger partial charge in [0.2, 0.25) is 40.1 Å². The Hall–Kier alpha value is -11.5. The van der Waals surface area contributed by atoms with Crippen LogP contribution in [0.3, 0.4) is 0 Å². The van der Waals surface area contributed by atoms with Crippen molar-refractivity contribution < 1.29 is 42.1 Å². The van der Waals surface area contributed by atoms with Gasteiger partial charge in [0.25, 0.3) is 0 Å². The van der Waals surface area contributed by atoms with Gasteiger partial charge in [0, 0.05) is 198 Å². The molecule has 28 nitrogen and oxygen atoms in total. The van der Waals surface area contributed by atoms with Gasteiger partial charge in [-0.15, -0.1) is 11.3 Å². The Morgan fingerprint density at radius 2 is 0.662 bits per heavy atom. The van der Waals surface area contributed by atoms with Gasteiger partial charge < -0.3 is 70.6 Å². The van der Waals surface area contributed by atoms with Crippen molar-refractivity contribution in [3.8, 4) is 0 Å². The third-order valence-corrected chi connectivity index (χ3v) is 33.0. The maximum atomic E-state index is 12.6. The first kappa shape index (κ1) is 101. The zero-order valence-electron chi connectivity index (χ0n) is 79.4. The highest BCUT2D eigenvalue weighted by atomic mass is 32.2. The number of rotatable bonds is 27. The van der Waals surface area contributed by atoms with Crippen LogP contribution in [-0.2, 0) is 89.7 Å². The van der Waals surface area contributed by atoms with E-state index in [0.29, 0.717) is 71.9 Å². The number of aromatic amines is 3. The molecule has 10 heterocycles. The molecule has 0 saturated carbocycles. The Morgan fingerprint density at radius 1 is 0.345 bits per heavy atom. The molecule has 0 atom stereocenters. The summed E-state index contributed by atoms with van der Waals surface area (Å²) in [6.45, 7) is 13.5. The van der Waals surface area contributed by atoms with Crippen LogP contribution in [0.25, 0.3) is 53.7 Å². The van der Waals surface area contributed by atoms with Crippen LogP contribution in [0.2, 0.25) is 0 Å². The van der Waals surface area contributed by atoms with E-state index in [-0.39, 0.29) is 9.79 Å². The fourth-order valence-corrected chi connectivity index (χ4v) is 23.6. The van der Waals surface area contributed by atoms with Gasteiger partial charge in [-0.1, -0.05) is 60.7 Å². The number of hydrogen-bond acceptors (Lipinski definition) is 21. The molecule has 5 aliphatic heterocycles. The van der Waals surface area contributed by atoms with E-state index < -0.39 is 49.9 Å². The van der Waals surface area contributed by atoms with Gasteiger partial charge in [0.15, 0.2) is 9.84 Å². The molecule has 10 aromatic carbocycles. The molecule has 13 N–H and O–H groups in total. The summed E-state index contributed by atoms with van der Waals surface area (Å²) in [7, 11) is -12.2. The average Bonchev–Trinajstić information content (AvgIpc) is 1.26. The van der Waals surface area contributed by atoms with E-state index >= 15 is 0 Å². The summed E-state index contributed by atoms with van der Waals surface area (Å²) < 4.78 is 126. The largest absolute Gasteiger partial charge is 0.364 e. The lowest BCUT2D eigenvalue weighted by Crippen LogP contribution is -2.43. The molecule has 5 saturated heterocycles. The quantitative estimate of drug-likeness (QED) is 0.0228. The zero-order valence-corrected chi connectivity index (χ0v) is 84.3. The molecule has 0 spiro atoms. The normalized spacial score (nSPS) is 15.8. The van der Waals surface area contributed by atoms with E-state index in [4.69, 9.17) is 10.3 Å². The van der Waals surface area contributed by atoms with E-state index in [9.17, 15) is 42.1 Å². The monoisotopic (exact) mass is 1990 g/mol. The number of H-pyrrole nitrogens is 3. The second-order valence-electron chi connectivity index (χ2n) is 36.9. The van der Waals surface area contributed by atoms with E-state index in [1.54, 1.807) is 86.1 Å². The SMILES string of the molecule is CN(C)S(=O)(=O)c1cccc(CN(c2ccc3[nH]ccc3c2)C2CCNCC2)c1.CS(=O)(=O)Nc1cccc(CN(c2ccc3[nH]ccc3c2)C2CCNCC2)c1.CS(=O)(=O)c1cccc(CN(c2ccc3sccc3c2)C2CCNCC2)c1.Cn1ccc2cc(N(Cc3cccc(S(N)(=O)=O)c3)C3CCNCC3)ccc21.NS(=O)(=O)c1cccc(CN(c2ccc3[nH]ccc3c2)C2CCNCC2)c1. The Labute approximate surface area is 821 Å². The summed E-state index contributed by atoms with van der Waals surface area (Å²) in [6.07, 6.45) is 21.1. The highest BCUT2D eigenvalue weighted by Gasteiger charge is 2.30. The van der Waals surface area contributed by atoms with Gasteiger partial charge in [-0.3, -0.25) is 4.72 Å². The van der Waals surface area contributed by atoms with Crippen molar-refractivity contribution in [3.63, 3.8) is 0 Å². The van der Waals surface area contributed by atoms with Crippen LogP contribution in [0.5, 0.6) is 0 Å². The lowest BCUT2D eigenvalue weighted by Gasteiger charge is -2.36. The van der Waals surface area contributed by atoms with Gasteiger partial charge >= 0.3 is 0 Å². The first-order valence-electron chi connectivity index (χ1n) is 47.6.